The summed E-state index contributed by atoms with van der Waals surface area (Å²) in [5.41, 5.74) is -0.336. The van der Waals surface area contributed by atoms with Gasteiger partial charge in [0.2, 0.25) is 10.0 Å². The van der Waals surface area contributed by atoms with Crippen LogP contribution in [0, 0.1) is 17.1 Å². The van der Waals surface area contributed by atoms with Crippen LogP contribution >= 0.6 is 0 Å². The zero-order valence-electron chi connectivity index (χ0n) is 26.2. The molecule has 0 aliphatic heterocycles. The van der Waals surface area contributed by atoms with Gasteiger partial charge in [0.25, 0.3) is 0 Å². The molecule has 12 heteroatoms. The lowest BCUT2D eigenvalue weighted by Gasteiger charge is -2.37. The Kier molecular flexibility index (Phi) is 10.5. The average molecular weight is 679 g/mol. The molecule has 0 saturated heterocycles. The topological polar surface area (TPSA) is 84.7 Å². The van der Waals surface area contributed by atoms with Crippen LogP contribution in [0.15, 0.2) is 102 Å². The number of benzene rings is 4. The Hall–Kier alpha value is -4.73. The van der Waals surface area contributed by atoms with E-state index in [9.17, 15) is 31.6 Å². The van der Waals surface area contributed by atoms with Gasteiger partial charge in [-0.25, -0.2) is 17.6 Å². The second kappa shape index (κ2) is 14.6. The van der Waals surface area contributed by atoms with Gasteiger partial charge in [-0.2, -0.15) is 22.7 Å². The van der Waals surface area contributed by atoms with E-state index in [0.717, 1.165) is 48.4 Å². The van der Waals surface area contributed by atoms with Gasteiger partial charge >= 0.3 is 12.2 Å². The van der Waals surface area contributed by atoms with E-state index in [-0.39, 0.29) is 24.5 Å². The molecule has 1 saturated carbocycles. The molecule has 1 fully saturated rings. The van der Waals surface area contributed by atoms with Gasteiger partial charge in [0.1, 0.15) is 10.7 Å². The molecule has 0 spiro atoms. The highest BCUT2D eigenvalue weighted by atomic mass is 32.2. The zero-order valence-corrected chi connectivity index (χ0v) is 27.0. The SMILES string of the molecule is CN(C(=O)N(c1ccc(C#N)c(C(F)(F)F)c1)C1CCCCC1)c1ccc(S(=O)(=O)N(Cc2ccccc2)Cc2ccccc2)c(F)c1. The van der Waals surface area contributed by atoms with Gasteiger partial charge in [-0.1, -0.05) is 79.9 Å². The summed E-state index contributed by atoms with van der Waals surface area (Å²) in [6, 6.07) is 24.7. The van der Waals surface area contributed by atoms with Crippen LogP contribution in [0.2, 0.25) is 0 Å². The summed E-state index contributed by atoms with van der Waals surface area (Å²) in [4.78, 5) is 15.8. The Morgan fingerprint density at radius 2 is 1.40 bits per heavy atom. The molecule has 1 aliphatic rings. The number of urea groups is 1. The van der Waals surface area contributed by atoms with E-state index >= 15 is 4.39 Å². The number of rotatable bonds is 9. The van der Waals surface area contributed by atoms with E-state index in [2.05, 4.69) is 0 Å². The molecule has 4 aromatic rings. The van der Waals surface area contributed by atoms with Crippen LogP contribution < -0.4 is 9.80 Å². The highest BCUT2D eigenvalue weighted by Gasteiger charge is 2.37. The van der Waals surface area contributed by atoms with Crippen LogP contribution in [0.25, 0.3) is 0 Å². The van der Waals surface area contributed by atoms with Crippen molar-refractivity contribution in [3.05, 3.63) is 125 Å². The van der Waals surface area contributed by atoms with E-state index in [4.69, 9.17) is 0 Å². The number of carbonyl (C=O) groups is 1. The Morgan fingerprint density at radius 1 is 0.833 bits per heavy atom. The van der Waals surface area contributed by atoms with Gasteiger partial charge in [0, 0.05) is 37.6 Å². The van der Waals surface area contributed by atoms with Crippen LogP contribution in [-0.4, -0.2) is 31.8 Å². The fourth-order valence-corrected chi connectivity index (χ4v) is 7.41. The highest BCUT2D eigenvalue weighted by molar-refractivity contribution is 7.89. The summed E-state index contributed by atoms with van der Waals surface area (Å²) >= 11 is 0. The first-order valence-corrected chi connectivity index (χ1v) is 16.9. The van der Waals surface area contributed by atoms with Gasteiger partial charge < -0.3 is 0 Å². The Morgan fingerprint density at radius 3 is 1.92 bits per heavy atom. The summed E-state index contributed by atoms with van der Waals surface area (Å²) in [5.74, 6) is -1.08. The fourth-order valence-electron chi connectivity index (χ4n) is 5.95. The van der Waals surface area contributed by atoms with E-state index in [1.165, 1.54) is 28.4 Å². The van der Waals surface area contributed by atoms with Crippen molar-refractivity contribution in [2.24, 2.45) is 0 Å². The number of sulfonamides is 1. The Bertz CT molecular complexity index is 1850. The maximum atomic E-state index is 15.8. The molecule has 0 atom stereocenters. The normalized spacial score (nSPS) is 14.0. The second-order valence-corrected chi connectivity index (χ2v) is 13.6. The molecule has 7 nitrogen and oxygen atoms in total. The minimum absolute atomic E-state index is 0.0135. The van der Waals surface area contributed by atoms with Crippen LogP contribution in [0.5, 0.6) is 0 Å². The minimum atomic E-state index is -4.83. The molecule has 0 bridgehead atoms. The number of halogens is 4. The van der Waals surface area contributed by atoms with Crippen LogP contribution in [0.1, 0.15) is 54.4 Å². The molecule has 1 aliphatic carbocycles. The van der Waals surface area contributed by atoms with Crippen LogP contribution in [0.4, 0.5) is 33.7 Å². The third kappa shape index (κ3) is 7.69. The summed E-state index contributed by atoms with van der Waals surface area (Å²) in [6.45, 7) is -0.0308. The first kappa shape index (κ1) is 34.6. The molecule has 0 unspecified atom stereocenters. The van der Waals surface area contributed by atoms with Crippen LogP contribution in [-0.2, 0) is 29.3 Å². The lowest BCUT2D eigenvalue weighted by molar-refractivity contribution is -0.137. The van der Waals surface area contributed by atoms with Gasteiger partial charge in [-0.15, -0.1) is 0 Å². The lowest BCUT2D eigenvalue weighted by Crippen LogP contribution is -2.48. The molecule has 2 amide bonds. The Labute approximate surface area is 277 Å². The maximum Gasteiger partial charge on any atom is 0.417 e. The quantitative estimate of drug-likeness (QED) is 0.166. The molecule has 0 aromatic heterocycles. The van der Waals surface area contributed by atoms with Crippen molar-refractivity contribution in [3.8, 4) is 6.07 Å². The van der Waals surface area contributed by atoms with Crippen molar-refractivity contribution in [3.63, 3.8) is 0 Å². The van der Waals surface area contributed by atoms with E-state index in [1.807, 2.05) is 12.1 Å². The molecule has 0 heterocycles. The van der Waals surface area contributed by atoms with Crippen LogP contribution in [0.3, 0.4) is 0 Å². The lowest BCUT2D eigenvalue weighted by atomic mass is 9.93. The van der Waals surface area contributed by atoms with E-state index in [0.29, 0.717) is 24.0 Å². The summed E-state index contributed by atoms with van der Waals surface area (Å²) in [7, 11) is -3.03. The standard InChI is InChI=1S/C36H34F4N4O3S/c1-42(35(45)44(29-15-9-4-10-16-29)31-18-17-28(23-41)32(21-31)36(38,39)40)30-19-20-34(33(37)22-30)48(46,47)43(24-26-11-5-2-6-12-26)25-27-13-7-3-8-14-27/h2-3,5-8,11-14,17-22,29H,4,9-10,15-16,24-25H2,1H3. The average Bonchev–Trinajstić information content (AvgIpc) is 3.08. The number of hydrogen-bond donors (Lipinski definition) is 0. The summed E-state index contributed by atoms with van der Waals surface area (Å²) in [6.07, 6.45) is -1.28. The van der Waals surface area contributed by atoms with Crippen molar-refractivity contribution in [1.82, 2.24) is 4.31 Å². The predicted molar refractivity (Wildman–Crippen MR) is 175 cm³/mol. The zero-order chi connectivity index (χ0) is 34.5. The van der Waals surface area contributed by atoms with Crippen molar-refractivity contribution < 1.29 is 30.8 Å². The van der Waals surface area contributed by atoms with Crippen molar-refractivity contribution in [2.45, 2.75) is 62.3 Å². The molecule has 0 N–H and O–H groups in total. The molecular weight excluding hydrogens is 644 g/mol. The summed E-state index contributed by atoms with van der Waals surface area (Å²) in [5, 5.41) is 9.27. The van der Waals surface area contributed by atoms with Gasteiger partial charge in [0.15, 0.2) is 0 Å². The fraction of sp³-hybridized carbons (Fsp3) is 0.278. The number of carbonyl (C=O) groups excluding carboxylic acids is 1. The Balaban J connectivity index is 1.48. The van der Waals surface area contributed by atoms with Crippen molar-refractivity contribution >= 4 is 27.4 Å². The molecule has 4 aromatic carbocycles. The monoisotopic (exact) mass is 678 g/mol. The van der Waals surface area contributed by atoms with Gasteiger partial charge in [-0.05, 0) is 60.4 Å². The number of amides is 2. The van der Waals surface area contributed by atoms with E-state index in [1.54, 1.807) is 54.6 Å². The molecule has 0 radical (unpaired) electrons. The van der Waals surface area contributed by atoms with Gasteiger partial charge in [0.05, 0.1) is 17.2 Å². The molecule has 5 rings (SSSR count). The number of anilines is 2. The third-order valence-corrected chi connectivity index (χ3v) is 10.3. The predicted octanol–water partition coefficient (Wildman–Crippen LogP) is 8.50. The number of alkyl halides is 3. The smallest absolute Gasteiger partial charge is 0.297 e. The molecule has 250 valence electrons. The number of nitrogens with zero attached hydrogens (tertiary/aromatic N) is 4. The molecular formula is C36H34F4N4O3S. The third-order valence-electron chi connectivity index (χ3n) is 8.46. The first-order valence-electron chi connectivity index (χ1n) is 15.5. The maximum absolute atomic E-state index is 15.8. The van der Waals surface area contributed by atoms with Crippen molar-refractivity contribution in [1.29, 1.82) is 5.26 Å². The highest BCUT2D eigenvalue weighted by Crippen LogP contribution is 2.37. The second-order valence-electron chi connectivity index (χ2n) is 11.7. The van der Waals surface area contributed by atoms with E-state index < -0.39 is 50.1 Å². The minimum Gasteiger partial charge on any atom is -0.297 e. The molecule has 48 heavy (non-hydrogen) atoms. The van der Waals surface area contributed by atoms with Gasteiger partial charge in [-0.3, -0.25) is 9.80 Å². The number of nitriles is 1. The first-order chi connectivity index (χ1) is 22.9. The number of hydrogen-bond acceptors (Lipinski definition) is 4. The summed E-state index contributed by atoms with van der Waals surface area (Å²) < 4.78 is 86.5. The largest absolute Gasteiger partial charge is 0.417 e. The van der Waals surface area contributed by atoms with Crippen molar-refractivity contribution in [2.75, 3.05) is 16.8 Å².